The maximum absolute atomic E-state index is 12.7. The zero-order valence-corrected chi connectivity index (χ0v) is 13.4. The fourth-order valence-electron chi connectivity index (χ4n) is 2.56. The molecule has 0 radical (unpaired) electrons. The minimum atomic E-state index is -4.49. The first-order chi connectivity index (χ1) is 12.6. The van der Waals surface area contributed by atoms with Gasteiger partial charge in [-0.1, -0.05) is 24.3 Å². The lowest BCUT2D eigenvalue weighted by molar-refractivity contribution is -0.138. The number of hydrogen-bond donors (Lipinski definition) is 1. The molecule has 0 amide bonds. The second-order valence-corrected chi connectivity index (χ2v) is 5.78. The fraction of sp³-hybridized carbons (Fsp3) is 0.105. The lowest BCUT2D eigenvalue weighted by atomic mass is 10.00. The van der Waals surface area contributed by atoms with Gasteiger partial charge in [0.15, 0.2) is 0 Å². The van der Waals surface area contributed by atoms with Crippen molar-refractivity contribution in [3.63, 3.8) is 0 Å². The minimum Gasteiger partial charge on any atom is -0.328 e. The number of aromatic nitrogens is 1. The van der Waals surface area contributed by atoms with Gasteiger partial charge < -0.3 is 4.98 Å². The first-order valence-electron chi connectivity index (χ1n) is 7.64. The van der Waals surface area contributed by atoms with E-state index in [1.807, 2.05) is 0 Å². The molecule has 2 nitrogen and oxygen atoms in total. The molecule has 0 bridgehead atoms. The zero-order chi connectivity index (χ0) is 19.8. The van der Waals surface area contributed by atoms with E-state index in [1.165, 1.54) is 36.5 Å². The Morgan fingerprint density at radius 3 is 1.52 bits per heavy atom. The van der Waals surface area contributed by atoms with Crippen LogP contribution in [0, 0.1) is 0 Å². The Kier molecular flexibility index (Phi) is 4.59. The highest BCUT2D eigenvalue weighted by Gasteiger charge is 2.30. The van der Waals surface area contributed by atoms with Crippen LogP contribution in [0.25, 0.3) is 22.3 Å². The third-order valence-electron chi connectivity index (χ3n) is 3.97. The number of H-pyrrole nitrogens is 1. The Labute approximate surface area is 149 Å². The van der Waals surface area contributed by atoms with Gasteiger partial charge in [0, 0.05) is 11.8 Å². The summed E-state index contributed by atoms with van der Waals surface area (Å²) in [6, 6.07) is 9.83. The fourth-order valence-corrected chi connectivity index (χ4v) is 2.56. The zero-order valence-electron chi connectivity index (χ0n) is 13.4. The summed E-state index contributed by atoms with van der Waals surface area (Å²) in [5, 5.41) is 0. The minimum absolute atomic E-state index is 0.112. The van der Waals surface area contributed by atoms with Crippen LogP contribution in [-0.4, -0.2) is 4.98 Å². The van der Waals surface area contributed by atoms with Crippen molar-refractivity contribution in [2.75, 3.05) is 0 Å². The molecular formula is C19H11F6NO. The number of pyridine rings is 1. The summed E-state index contributed by atoms with van der Waals surface area (Å²) in [5.41, 5.74) is -0.949. The topological polar surface area (TPSA) is 32.9 Å². The summed E-state index contributed by atoms with van der Waals surface area (Å²) in [4.78, 5) is 14.5. The summed E-state index contributed by atoms with van der Waals surface area (Å²) in [6.45, 7) is 0. The molecule has 27 heavy (non-hydrogen) atoms. The van der Waals surface area contributed by atoms with Gasteiger partial charge in [0.05, 0.1) is 11.1 Å². The predicted octanol–water partition coefficient (Wildman–Crippen LogP) is 5.75. The van der Waals surface area contributed by atoms with E-state index in [1.54, 1.807) is 0 Å². The molecule has 8 heteroatoms. The maximum atomic E-state index is 12.7. The number of aromatic amines is 1. The number of rotatable bonds is 2. The van der Waals surface area contributed by atoms with Crippen LogP contribution in [-0.2, 0) is 12.4 Å². The van der Waals surface area contributed by atoms with Gasteiger partial charge in [-0.15, -0.1) is 0 Å². The van der Waals surface area contributed by atoms with Crippen LogP contribution in [0.1, 0.15) is 11.1 Å². The lowest BCUT2D eigenvalue weighted by Crippen LogP contribution is -2.09. The number of halogens is 6. The Bertz CT molecular complexity index is 999. The highest BCUT2D eigenvalue weighted by molar-refractivity contribution is 5.72. The molecular weight excluding hydrogens is 372 g/mol. The molecule has 0 spiro atoms. The number of alkyl halides is 6. The molecule has 3 rings (SSSR count). The summed E-state index contributed by atoms with van der Waals surface area (Å²) >= 11 is 0. The molecule has 1 heterocycles. The summed E-state index contributed by atoms with van der Waals surface area (Å²) < 4.78 is 75.9. The molecule has 0 saturated carbocycles. The molecule has 0 saturated heterocycles. The second kappa shape index (κ2) is 6.61. The van der Waals surface area contributed by atoms with E-state index in [9.17, 15) is 31.1 Å². The number of benzene rings is 2. The van der Waals surface area contributed by atoms with Crippen LogP contribution >= 0.6 is 0 Å². The van der Waals surface area contributed by atoms with Gasteiger partial charge in [-0.25, -0.2) is 0 Å². The van der Waals surface area contributed by atoms with E-state index >= 15 is 0 Å². The van der Waals surface area contributed by atoms with Crippen molar-refractivity contribution in [2.24, 2.45) is 0 Å². The van der Waals surface area contributed by atoms with Crippen LogP contribution in [0.4, 0.5) is 26.3 Å². The molecule has 140 valence electrons. The van der Waals surface area contributed by atoms with Crippen molar-refractivity contribution in [1.29, 1.82) is 0 Å². The second-order valence-electron chi connectivity index (χ2n) is 5.78. The van der Waals surface area contributed by atoms with E-state index in [0.29, 0.717) is 11.1 Å². The van der Waals surface area contributed by atoms with Crippen molar-refractivity contribution in [1.82, 2.24) is 4.98 Å². The van der Waals surface area contributed by atoms with Crippen molar-refractivity contribution in [2.45, 2.75) is 12.4 Å². The molecule has 2 aromatic carbocycles. The summed E-state index contributed by atoms with van der Waals surface area (Å²) in [6.07, 6.45) is -7.62. The standard InChI is InChI=1S/C19H11F6NO/c20-18(21,22)14-5-1-11(2-6-14)13-9-16(17(27)26-10-13)12-3-7-15(8-4-12)19(23,24)25/h1-10H,(H,26,27). The SMILES string of the molecule is O=c1[nH]cc(-c2ccc(C(F)(F)F)cc2)cc1-c1ccc(C(F)(F)F)cc1. The van der Waals surface area contributed by atoms with Gasteiger partial charge in [-0.3, -0.25) is 4.79 Å². The van der Waals surface area contributed by atoms with Crippen molar-refractivity contribution in [3.8, 4) is 22.3 Å². The molecule has 0 fully saturated rings. The molecule has 1 aromatic heterocycles. The third-order valence-corrected chi connectivity index (χ3v) is 3.97. The Morgan fingerprint density at radius 1 is 0.630 bits per heavy atom. The number of hydrogen-bond acceptors (Lipinski definition) is 1. The van der Waals surface area contributed by atoms with Gasteiger partial charge in [0.2, 0.25) is 0 Å². The van der Waals surface area contributed by atoms with E-state index in [0.717, 1.165) is 24.3 Å². The molecule has 0 aliphatic heterocycles. The van der Waals surface area contributed by atoms with Crippen LogP contribution < -0.4 is 5.56 Å². The van der Waals surface area contributed by atoms with E-state index in [-0.39, 0.29) is 11.1 Å². The van der Waals surface area contributed by atoms with Gasteiger partial charge in [0.1, 0.15) is 0 Å². The first kappa shape index (κ1) is 18.8. The lowest BCUT2D eigenvalue weighted by Gasteiger charge is -2.10. The average molecular weight is 383 g/mol. The number of nitrogens with one attached hydrogen (secondary N) is 1. The predicted molar refractivity (Wildman–Crippen MR) is 87.9 cm³/mol. The average Bonchev–Trinajstić information content (AvgIpc) is 2.61. The first-order valence-corrected chi connectivity index (χ1v) is 7.64. The van der Waals surface area contributed by atoms with E-state index in [2.05, 4.69) is 4.98 Å². The normalized spacial score (nSPS) is 12.2. The van der Waals surface area contributed by atoms with E-state index in [4.69, 9.17) is 0 Å². The molecule has 0 aliphatic carbocycles. The summed E-state index contributed by atoms with van der Waals surface area (Å²) in [5.74, 6) is 0. The Balaban J connectivity index is 1.99. The Hall–Kier alpha value is -3.03. The van der Waals surface area contributed by atoms with Crippen LogP contribution in [0.3, 0.4) is 0 Å². The highest BCUT2D eigenvalue weighted by atomic mass is 19.4. The molecule has 3 aromatic rings. The largest absolute Gasteiger partial charge is 0.416 e. The van der Waals surface area contributed by atoms with E-state index < -0.39 is 29.0 Å². The summed E-state index contributed by atoms with van der Waals surface area (Å²) in [7, 11) is 0. The molecule has 0 unspecified atom stereocenters. The quantitative estimate of drug-likeness (QED) is 0.562. The smallest absolute Gasteiger partial charge is 0.328 e. The van der Waals surface area contributed by atoms with Crippen molar-refractivity contribution in [3.05, 3.63) is 82.3 Å². The Morgan fingerprint density at radius 2 is 1.07 bits per heavy atom. The van der Waals surface area contributed by atoms with Gasteiger partial charge in [-0.05, 0) is 47.0 Å². The van der Waals surface area contributed by atoms with Crippen LogP contribution in [0.15, 0.2) is 65.6 Å². The highest BCUT2D eigenvalue weighted by Crippen LogP contribution is 2.32. The molecule has 0 atom stereocenters. The van der Waals surface area contributed by atoms with Crippen molar-refractivity contribution >= 4 is 0 Å². The van der Waals surface area contributed by atoms with Crippen LogP contribution in [0.2, 0.25) is 0 Å². The van der Waals surface area contributed by atoms with Crippen molar-refractivity contribution < 1.29 is 26.3 Å². The third kappa shape index (κ3) is 4.05. The van der Waals surface area contributed by atoms with Crippen LogP contribution in [0.5, 0.6) is 0 Å². The monoisotopic (exact) mass is 383 g/mol. The molecule has 0 aliphatic rings. The van der Waals surface area contributed by atoms with Gasteiger partial charge >= 0.3 is 12.4 Å². The molecule has 1 N–H and O–H groups in total. The van der Waals surface area contributed by atoms with Gasteiger partial charge in [-0.2, -0.15) is 26.3 Å². The maximum Gasteiger partial charge on any atom is 0.416 e. The van der Waals surface area contributed by atoms with Gasteiger partial charge in [0.25, 0.3) is 5.56 Å².